The van der Waals surface area contributed by atoms with Crippen molar-refractivity contribution in [1.82, 2.24) is 10.2 Å². The molecule has 1 heterocycles. The van der Waals surface area contributed by atoms with Gasteiger partial charge in [-0.3, -0.25) is 9.59 Å². The van der Waals surface area contributed by atoms with Crippen LogP contribution in [-0.4, -0.2) is 55.2 Å². The van der Waals surface area contributed by atoms with E-state index in [0.29, 0.717) is 50.4 Å². The van der Waals surface area contributed by atoms with Gasteiger partial charge in [0.05, 0.1) is 12.0 Å². The number of piperidine rings is 1. The minimum atomic E-state index is -0.699. The summed E-state index contributed by atoms with van der Waals surface area (Å²) in [5, 5.41) is 3.52. The van der Waals surface area contributed by atoms with Crippen LogP contribution in [0.2, 0.25) is 5.02 Å². The van der Waals surface area contributed by atoms with Crippen LogP contribution in [0, 0.1) is 0 Å². The highest BCUT2D eigenvalue weighted by Gasteiger charge is 2.44. The Morgan fingerprint density at radius 3 is 2.33 bits per heavy atom. The second-order valence-corrected chi connectivity index (χ2v) is 8.34. The highest BCUT2D eigenvalue weighted by atomic mass is 35.5. The number of hydrogen-bond donors (Lipinski definition) is 1. The zero-order chi connectivity index (χ0) is 21.6. The van der Waals surface area contributed by atoms with Crippen molar-refractivity contribution in [3.8, 4) is 0 Å². The molecule has 1 saturated carbocycles. The lowest BCUT2D eigenvalue weighted by atomic mass is 9.79. The summed E-state index contributed by atoms with van der Waals surface area (Å²) in [6.07, 6.45) is 4.29. The van der Waals surface area contributed by atoms with Crippen molar-refractivity contribution >= 4 is 29.6 Å². The SMILES string of the molecule is CCOC(=O)N1CCC(NC(=O)COC(=O)C2(c3ccc(Cl)cc3)CCCC2)CC1. The molecule has 0 unspecified atom stereocenters. The number of likely N-dealkylation sites (tertiary alicyclic amines) is 1. The zero-order valence-corrected chi connectivity index (χ0v) is 18.1. The van der Waals surface area contributed by atoms with Gasteiger partial charge in [0.1, 0.15) is 0 Å². The quantitative estimate of drug-likeness (QED) is 0.690. The van der Waals surface area contributed by atoms with Gasteiger partial charge in [-0.1, -0.05) is 36.6 Å². The fourth-order valence-corrected chi connectivity index (χ4v) is 4.44. The van der Waals surface area contributed by atoms with Gasteiger partial charge in [-0.15, -0.1) is 0 Å². The summed E-state index contributed by atoms with van der Waals surface area (Å²) in [6, 6.07) is 7.25. The van der Waals surface area contributed by atoms with Gasteiger partial charge in [-0.05, 0) is 50.3 Å². The molecule has 1 saturated heterocycles. The van der Waals surface area contributed by atoms with E-state index < -0.39 is 5.41 Å². The Balaban J connectivity index is 1.49. The molecule has 1 aromatic carbocycles. The van der Waals surface area contributed by atoms with E-state index >= 15 is 0 Å². The maximum absolute atomic E-state index is 12.9. The van der Waals surface area contributed by atoms with Gasteiger partial charge in [-0.2, -0.15) is 0 Å². The topological polar surface area (TPSA) is 84.9 Å². The average Bonchev–Trinajstić information content (AvgIpc) is 3.24. The highest BCUT2D eigenvalue weighted by Crippen LogP contribution is 2.42. The minimum absolute atomic E-state index is 0.0430. The molecule has 1 aliphatic heterocycles. The van der Waals surface area contributed by atoms with Gasteiger partial charge in [0.15, 0.2) is 6.61 Å². The van der Waals surface area contributed by atoms with E-state index in [0.717, 1.165) is 18.4 Å². The fourth-order valence-electron chi connectivity index (χ4n) is 4.32. The Morgan fingerprint density at radius 2 is 1.73 bits per heavy atom. The number of carbonyl (C=O) groups excluding carboxylic acids is 3. The minimum Gasteiger partial charge on any atom is -0.455 e. The predicted molar refractivity (Wildman–Crippen MR) is 112 cm³/mol. The Bertz CT molecular complexity index is 753. The number of benzene rings is 1. The van der Waals surface area contributed by atoms with Crippen molar-refractivity contribution < 1.29 is 23.9 Å². The Morgan fingerprint density at radius 1 is 1.10 bits per heavy atom. The molecule has 1 aliphatic carbocycles. The molecule has 7 nitrogen and oxygen atoms in total. The van der Waals surface area contributed by atoms with E-state index in [1.54, 1.807) is 24.0 Å². The van der Waals surface area contributed by atoms with Gasteiger partial charge in [0.25, 0.3) is 5.91 Å². The van der Waals surface area contributed by atoms with E-state index in [1.165, 1.54) is 0 Å². The zero-order valence-electron chi connectivity index (χ0n) is 17.3. The van der Waals surface area contributed by atoms with Gasteiger partial charge in [-0.25, -0.2) is 4.79 Å². The van der Waals surface area contributed by atoms with Gasteiger partial charge >= 0.3 is 12.1 Å². The first-order valence-corrected chi connectivity index (χ1v) is 11.0. The van der Waals surface area contributed by atoms with Crippen molar-refractivity contribution in [3.63, 3.8) is 0 Å². The normalized spacial score (nSPS) is 18.7. The first kappa shape index (κ1) is 22.4. The monoisotopic (exact) mass is 436 g/mol. The molecule has 2 aliphatic rings. The van der Waals surface area contributed by atoms with Gasteiger partial charge in [0, 0.05) is 24.2 Å². The van der Waals surface area contributed by atoms with Gasteiger partial charge < -0.3 is 19.7 Å². The van der Waals surface area contributed by atoms with E-state index in [-0.39, 0.29) is 30.6 Å². The van der Waals surface area contributed by atoms with Crippen LogP contribution in [0.5, 0.6) is 0 Å². The third-order valence-electron chi connectivity index (χ3n) is 5.97. The second kappa shape index (κ2) is 10.2. The van der Waals surface area contributed by atoms with Crippen LogP contribution < -0.4 is 5.32 Å². The Labute approximate surface area is 182 Å². The molecule has 30 heavy (non-hydrogen) atoms. The van der Waals surface area contributed by atoms with Crippen LogP contribution in [0.3, 0.4) is 0 Å². The summed E-state index contributed by atoms with van der Waals surface area (Å²) in [4.78, 5) is 38.6. The third-order valence-corrected chi connectivity index (χ3v) is 6.22. The second-order valence-electron chi connectivity index (χ2n) is 7.90. The summed E-state index contributed by atoms with van der Waals surface area (Å²) >= 11 is 5.98. The average molecular weight is 437 g/mol. The number of carbonyl (C=O) groups is 3. The molecule has 0 radical (unpaired) electrons. The Kier molecular flexibility index (Phi) is 7.58. The summed E-state index contributed by atoms with van der Waals surface area (Å²) in [5.74, 6) is -0.670. The van der Waals surface area contributed by atoms with E-state index in [2.05, 4.69) is 5.32 Å². The van der Waals surface area contributed by atoms with Crippen LogP contribution in [-0.2, 0) is 24.5 Å². The molecule has 164 valence electrons. The summed E-state index contributed by atoms with van der Waals surface area (Å²) in [7, 11) is 0. The molecule has 1 N–H and O–H groups in total. The molecule has 2 amide bonds. The van der Waals surface area contributed by atoms with Gasteiger partial charge in [0.2, 0.25) is 0 Å². The van der Waals surface area contributed by atoms with Crippen molar-refractivity contribution in [2.75, 3.05) is 26.3 Å². The molecule has 1 aromatic rings. The summed E-state index contributed by atoms with van der Waals surface area (Å²) < 4.78 is 10.4. The molecule has 2 fully saturated rings. The third kappa shape index (κ3) is 5.25. The number of hydrogen-bond acceptors (Lipinski definition) is 5. The molecular weight excluding hydrogens is 408 g/mol. The van der Waals surface area contributed by atoms with Crippen molar-refractivity contribution in [3.05, 3.63) is 34.9 Å². The fraction of sp³-hybridized carbons (Fsp3) is 0.591. The molecule has 0 bridgehead atoms. The van der Waals surface area contributed by atoms with Crippen molar-refractivity contribution in [2.45, 2.75) is 56.9 Å². The number of nitrogens with zero attached hydrogens (tertiary/aromatic N) is 1. The summed E-state index contributed by atoms with van der Waals surface area (Å²) in [5.41, 5.74) is 0.191. The molecular formula is C22H29ClN2O5. The van der Waals surface area contributed by atoms with E-state index in [1.807, 2.05) is 12.1 Å². The molecule has 3 rings (SSSR count). The molecule has 8 heteroatoms. The molecule has 0 spiro atoms. The largest absolute Gasteiger partial charge is 0.455 e. The lowest BCUT2D eigenvalue weighted by Crippen LogP contribution is -2.47. The molecule has 0 aromatic heterocycles. The standard InChI is InChI=1S/C22H29ClN2O5/c1-2-29-21(28)25-13-9-18(10-14-25)24-19(26)15-30-20(27)22(11-3-4-12-22)16-5-7-17(23)8-6-16/h5-8,18H,2-4,9-15H2,1H3,(H,24,26). The van der Waals surface area contributed by atoms with Crippen molar-refractivity contribution in [1.29, 1.82) is 0 Å². The number of halogens is 1. The number of amides is 2. The maximum Gasteiger partial charge on any atom is 0.409 e. The van der Waals surface area contributed by atoms with Crippen LogP contribution in [0.25, 0.3) is 0 Å². The van der Waals surface area contributed by atoms with Crippen LogP contribution in [0.4, 0.5) is 4.79 Å². The first-order chi connectivity index (χ1) is 14.4. The number of ether oxygens (including phenoxy) is 2. The number of rotatable bonds is 6. The number of esters is 1. The number of nitrogens with one attached hydrogen (secondary N) is 1. The summed E-state index contributed by atoms with van der Waals surface area (Å²) in [6.45, 7) is 2.88. The highest BCUT2D eigenvalue weighted by molar-refractivity contribution is 6.30. The first-order valence-electron chi connectivity index (χ1n) is 10.6. The van der Waals surface area contributed by atoms with E-state index in [4.69, 9.17) is 21.1 Å². The van der Waals surface area contributed by atoms with Crippen LogP contribution in [0.1, 0.15) is 51.0 Å². The lowest BCUT2D eigenvalue weighted by Gasteiger charge is -2.31. The maximum atomic E-state index is 12.9. The lowest BCUT2D eigenvalue weighted by molar-refractivity contribution is -0.154. The van der Waals surface area contributed by atoms with Crippen LogP contribution in [0.15, 0.2) is 24.3 Å². The van der Waals surface area contributed by atoms with Crippen LogP contribution >= 0.6 is 11.6 Å². The predicted octanol–water partition coefficient (Wildman–Crippen LogP) is 3.43. The van der Waals surface area contributed by atoms with E-state index in [9.17, 15) is 14.4 Å². The smallest absolute Gasteiger partial charge is 0.409 e. The molecule has 0 atom stereocenters. The Hall–Kier alpha value is -2.28. The van der Waals surface area contributed by atoms with Crippen molar-refractivity contribution in [2.24, 2.45) is 0 Å².